The zero-order chi connectivity index (χ0) is 31.3. The van der Waals surface area contributed by atoms with E-state index in [4.69, 9.17) is 23.7 Å². The first kappa shape index (κ1) is 33.3. The van der Waals surface area contributed by atoms with Crippen LogP contribution < -0.4 is 23.7 Å². The Balaban J connectivity index is 1.87. The van der Waals surface area contributed by atoms with Crippen molar-refractivity contribution in [2.24, 2.45) is 0 Å². The average Bonchev–Trinajstić information content (AvgIpc) is 2.86. The van der Waals surface area contributed by atoms with Crippen LogP contribution in [0.2, 0.25) is 0 Å². The number of fused-ring (bicyclic) bond motifs is 2. The van der Waals surface area contributed by atoms with Gasteiger partial charge in [0.15, 0.2) is 23.0 Å². The van der Waals surface area contributed by atoms with Crippen molar-refractivity contribution in [1.29, 1.82) is 0 Å². The third-order valence-electron chi connectivity index (χ3n) is 6.28. The van der Waals surface area contributed by atoms with Crippen molar-refractivity contribution in [3.8, 4) is 23.0 Å². The highest BCUT2D eigenvalue weighted by Gasteiger charge is 2.47. The van der Waals surface area contributed by atoms with Gasteiger partial charge in [0, 0.05) is 6.42 Å². The number of amides is 1. The first-order chi connectivity index (χ1) is 19.4. The summed E-state index contributed by atoms with van der Waals surface area (Å²) in [6.07, 6.45) is -0.433. The maximum Gasteiger partial charge on any atom is 0.516 e. The minimum absolute atomic E-state index is 0.168. The lowest BCUT2D eigenvalue weighted by Crippen LogP contribution is -2.43. The van der Waals surface area contributed by atoms with Gasteiger partial charge >= 0.3 is 15.5 Å². The monoisotopic (exact) mass is 617 g/mol. The summed E-state index contributed by atoms with van der Waals surface area (Å²) < 4.78 is 91.1. The molecule has 0 radical (unpaired) electrons. The molecule has 0 unspecified atom stereocenters. The number of sulfonamides is 1. The highest BCUT2D eigenvalue weighted by atomic mass is 32.2. The number of hydrogen-bond donors (Lipinski definition) is 1. The third kappa shape index (κ3) is 9.15. The fraction of sp³-hybridized carbons (Fsp3) is 0.552. The average molecular weight is 618 g/mol. The molecule has 42 heavy (non-hydrogen) atoms. The fourth-order valence-corrected chi connectivity index (χ4v) is 4.25. The second-order valence-corrected chi connectivity index (χ2v) is 13.6. The summed E-state index contributed by atoms with van der Waals surface area (Å²) in [5.74, 6) is 0.221. The van der Waals surface area contributed by atoms with Crippen molar-refractivity contribution in [1.82, 2.24) is 4.72 Å². The highest BCUT2D eigenvalue weighted by Crippen LogP contribution is 2.36. The predicted octanol–water partition coefficient (Wildman–Crippen LogP) is 5.25. The molecule has 1 heterocycles. The van der Waals surface area contributed by atoms with E-state index in [0.717, 1.165) is 15.8 Å². The van der Waals surface area contributed by atoms with Crippen LogP contribution in [0, 0.1) is 0 Å². The molecule has 0 saturated carbocycles. The number of carbonyl (C=O) groups excluding carboxylic acids is 1. The molecule has 234 valence electrons. The molecule has 9 nitrogen and oxygen atoms in total. The van der Waals surface area contributed by atoms with E-state index in [-0.39, 0.29) is 24.0 Å². The van der Waals surface area contributed by atoms with Gasteiger partial charge in [0.25, 0.3) is 5.91 Å². The molecule has 1 N–H and O–H groups in total. The number of carbonyl (C=O) groups is 1. The number of ether oxygens (including phenoxy) is 5. The van der Waals surface area contributed by atoms with Crippen molar-refractivity contribution in [2.75, 3.05) is 33.0 Å². The standard InChI is InChI=1S/C29H38F3NO8S/c1-27(2,3)19-8-10-22-24(14-19)37-12-7-13-38-25-15-20(28(4,5)6)9-11-23(25)41-17-21(16-40-22)39-18-26(34)33-42(35,36)29(30,31)32/h8-11,14-15,21H,7,12-13,16-18H2,1-6H3,(H,33,34). The van der Waals surface area contributed by atoms with Gasteiger partial charge in [0.05, 0.1) is 13.2 Å². The van der Waals surface area contributed by atoms with Gasteiger partial charge in [0.2, 0.25) is 0 Å². The molecule has 0 bridgehead atoms. The molecule has 13 heteroatoms. The minimum Gasteiger partial charge on any atom is -0.490 e. The van der Waals surface area contributed by atoms with Crippen LogP contribution in [0.25, 0.3) is 0 Å². The van der Waals surface area contributed by atoms with Gasteiger partial charge in [-0.25, -0.2) is 4.72 Å². The molecule has 1 aliphatic heterocycles. The van der Waals surface area contributed by atoms with Crippen LogP contribution in [0.3, 0.4) is 0 Å². The third-order valence-corrected chi connectivity index (χ3v) is 7.38. The van der Waals surface area contributed by atoms with E-state index in [1.54, 1.807) is 12.1 Å². The number of rotatable bonds is 4. The molecule has 3 rings (SSSR count). The Morgan fingerprint density at radius 3 is 1.67 bits per heavy atom. The van der Waals surface area contributed by atoms with E-state index in [2.05, 4.69) is 41.5 Å². The molecular weight excluding hydrogens is 579 g/mol. The van der Waals surface area contributed by atoms with Crippen LogP contribution in [-0.2, 0) is 30.4 Å². The zero-order valence-electron chi connectivity index (χ0n) is 24.6. The van der Waals surface area contributed by atoms with Crippen molar-refractivity contribution >= 4 is 15.9 Å². The molecule has 0 spiro atoms. The van der Waals surface area contributed by atoms with Crippen LogP contribution in [0.5, 0.6) is 23.0 Å². The molecule has 0 aliphatic carbocycles. The molecule has 0 aromatic heterocycles. The van der Waals surface area contributed by atoms with Gasteiger partial charge in [-0.2, -0.15) is 21.6 Å². The largest absolute Gasteiger partial charge is 0.516 e. The van der Waals surface area contributed by atoms with Crippen LogP contribution >= 0.6 is 0 Å². The maximum absolute atomic E-state index is 12.7. The Morgan fingerprint density at radius 2 is 1.26 bits per heavy atom. The molecular formula is C29H38F3NO8S. The van der Waals surface area contributed by atoms with Crippen molar-refractivity contribution in [2.45, 2.75) is 70.4 Å². The van der Waals surface area contributed by atoms with Gasteiger partial charge in [-0.15, -0.1) is 0 Å². The Labute approximate surface area is 244 Å². The topological polar surface area (TPSA) is 109 Å². The number of nitrogens with one attached hydrogen (secondary N) is 1. The van der Waals surface area contributed by atoms with Gasteiger partial charge < -0.3 is 23.7 Å². The van der Waals surface area contributed by atoms with Crippen LogP contribution in [-0.4, -0.2) is 59.0 Å². The van der Waals surface area contributed by atoms with E-state index < -0.39 is 34.1 Å². The van der Waals surface area contributed by atoms with Gasteiger partial charge in [-0.05, 0) is 46.2 Å². The van der Waals surface area contributed by atoms with Crippen LogP contribution in [0.1, 0.15) is 59.1 Å². The molecule has 0 saturated heterocycles. The minimum atomic E-state index is -5.88. The number of alkyl halides is 3. The molecule has 2 aromatic rings. The maximum atomic E-state index is 12.7. The van der Waals surface area contributed by atoms with E-state index in [1.807, 2.05) is 24.3 Å². The lowest BCUT2D eigenvalue weighted by Gasteiger charge is -2.25. The van der Waals surface area contributed by atoms with Gasteiger partial charge in [-0.3, -0.25) is 4.79 Å². The lowest BCUT2D eigenvalue weighted by atomic mass is 9.87. The predicted molar refractivity (Wildman–Crippen MR) is 150 cm³/mol. The van der Waals surface area contributed by atoms with E-state index >= 15 is 0 Å². The van der Waals surface area contributed by atoms with Crippen LogP contribution in [0.15, 0.2) is 36.4 Å². The first-order valence-electron chi connectivity index (χ1n) is 13.4. The number of benzene rings is 2. The second kappa shape index (κ2) is 13.0. The van der Waals surface area contributed by atoms with Crippen molar-refractivity contribution in [3.05, 3.63) is 47.5 Å². The fourth-order valence-electron chi connectivity index (χ4n) is 3.78. The lowest BCUT2D eigenvalue weighted by molar-refractivity contribution is -0.128. The molecule has 1 aliphatic rings. The quantitative estimate of drug-likeness (QED) is 0.496. The Hall–Kier alpha value is -3.19. The number of halogens is 3. The Kier molecular flexibility index (Phi) is 10.3. The summed E-state index contributed by atoms with van der Waals surface area (Å²) in [5, 5.41) is 0. The second-order valence-electron chi connectivity index (χ2n) is 11.9. The Bertz CT molecular complexity index is 1280. The molecule has 1 amide bonds. The molecule has 0 fully saturated rings. The summed E-state index contributed by atoms with van der Waals surface area (Å²) in [7, 11) is -5.88. The SMILES string of the molecule is CC(C)(C)c1ccc2c(c1)OCCCOc1cc(C(C)(C)C)ccc1OCC(OCC(=O)NS(=O)(=O)C(F)(F)F)CO2. The smallest absolute Gasteiger partial charge is 0.490 e. The van der Waals surface area contributed by atoms with E-state index in [1.165, 1.54) is 0 Å². The summed E-state index contributed by atoms with van der Waals surface area (Å²) in [6.45, 7) is 11.6. The highest BCUT2D eigenvalue weighted by molar-refractivity contribution is 7.90. The summed E-state index contributed by atoms with van der Waals surface area (Å²) in [4.78, 5) is 12.0. The summed E-state index contributed by atoms with van der Waals surface area (Å²) >= 11 is 0. The number of hydrogen-bond acceptors (Lipinski definition) is 8. The molecule has 2 aromatic carbocycles. The van der Waals surface area contributed by atoms with Gasteiger partial charge in [-0.1, -0.05) is 53.7 Å². The summed E-state index contributed by atoms with van der Waals surface area (Å²) in [6, 6.07) is 11.0. The Morgan fingerprint density at radius 1 is 0.810 bits per heavy atom. The van der Waals surface area contributed by atoms with E-state index in [0.29, 0.717) is 42.6 Å². The molecule has 0 atom stereocenters. The van der Waals surface area contributed by atoms with Crippen molar-refractivity contribution in [3.63, 3.8) is 0 Å². The van der Waals surface area contributed by atoms with Crippen molar-refractivity contribution < 1.29 is 50.1 Å². The zero-order valence-corrected chi connectivity index (χ0v) is 25.4. The van der Waals surface area contributed by atoms with Gasteiger partial charge in [0.1, 0.15) is 25.9 Å². The van der Waals surface area contributed by atoms with Crippen LogP contribution in [0.4, 0.5) is 13.2 Å². The normalized spacial score (nSPS) is 15.9. The van der Waals surface area contributed by atoms with E-state index in [9.17, 15) is 26.4 Å². The first-order valence-corrected chi connectivity index (χ1v) is 14.9. The summed E-state index contributed by atoms with van der Waals surface area (Å²) in [5.41, 5.74) is -3.98.